The van der Waals surface area contributed by atoms with E-state index in [9.17, 15) is 0 Å². The van der Waals surface area contributed by atoms with Crippen LogP contribution in [0.3, 0.4) is 0 Å². The first-order valence-electron chi connectivity index (χ1n) is 3.94. The van der Waals surface area contributed by atoms with Crippen molar-refractivity contribution in [3.63, 3.8) is 0 Å². The van der Waals surface area contributed by atoms with Crippen molar-refractivity contribution in [2.24, 2.45) is 0 Å². The van der Waals surface area contributed by atoms with Crippen LogP contribution in [0.5, 0.6) is 0 Å². The monoisotopic (exact) mass is 269 g/mol. The van der Waals surface area contributed by atoms with Gasteiger partial charge in [0.1, 0.15) is 0 Å². The van der Waals surface area contributed by atoms with Crippen LogP contribution in [-0.2, 0) is 6.54 Å². The van der Waals surface area contributed by atoms with E-state index < -0.39 is 0 Å². The summed E-state index contributed by atoms with van der Waals surface area (Å²) in [7, 11) is 6.12. The maximum atomic E-state index is 5.96. The molecule has 0 heterocycles. The lowest BCUT2D eigenvalue weighted by Crippen LogP contribution is -2.10. The van der Waals surface area contributed by atoms with Crippen molar-refractivity contribution < 1.29 is 0 Å². The SMILES string of the molecule is CN(C)Cc1ccc(Cl)cc1Cl.PS. The summed E-state index contributed by atoms with van der Waals surface area (Å²) in [5.41, 5.74) is 1.10. The second kappa shape index (κ2) is 7.78. The first-order chi connectivity index (χ1) is 6.59. The number of hydrogen-bond donors (Lipinski definition) is 1. The maximum absolute atomic E-state index is 5.96. The molecule has 0 N–H and O–H groups in total. The molecule has 1 aromatic rings. The molecule has 0 amide bonds. The van der Waals surface area contributed by atoms with E-state index in [1.54, 1.807) is 6.07 Å². The Morgan fingerprint density at radius 1 is 1.29 bits per heavy atom. The normalized spacial score (nSPS) is 9.64. The minimum Gasteiger partial charge on any atom is -0.305 e. The predicted molar refractivity (Wildman–Crippen MR) is 72.5 cm³/mol. The molecule has 1 nitrogen and oxygen atoms in total. The molecule has 1 aromatic carbocycles. The molecule has 0 fully saturated rings. The minimum absolute atomic E-state index is 0.683. The molecular weight excluding hydrogens is 256 g/mol. The molecule has 14 heavy (non-hydrogen) atoms. The zero-order valence-electron chi connectivity index (χ0n) is 8.17. The number of benzene rings is 1. The molecule has 0 saturated carbocycles. The highest BCUT2D eigenvalue weighted by Gasteiger charge is 2.01. The third kappa shape index (κ3) is 5.43. The molecule has 5 heteroatoms. The molecule has 1 unspecified atom stereocenters. The van der Waals surface area contributed by atoms with Gasteiger partial charge in [0.15, 0.2) is 0 Å². The van der Waals surface area contributed by atoms with Gasteiger partial charge in [-0.2, -0.15) is 12.2 Å². The quantitative estimate of drug-likeness (QED) is 0.632. The molecule has 0 aliphatic rings. The molecule has 0 aliphatic heterocycles. The van der Waals surface area contributed by atoms with Crippen LogP contribution in [0.1, 0.15) is 5.56 Å². The number of rotatable bonds is 2. The average Bonchev–Trinajstić information content (AvgIpc) is 2.13. The van der Waals surface area contributed by atoms with Crippen molar-refractivity contribution in [2.75, 3.05) is 14.1 Å². The Morgan fingerprint density at radius 3 is 2.29 bits per heavy atom. The Labute approximate surface area is 103 Å². The fraction of sp³-hybridized carbons (Fsp3) is 0.333. The van der Waals surface area contributed by atoms with Crippen LogP contribution in [0.25, 0.3) is 0 Å². The van der Waals surface area contributed by atoms with E-state index in [0.29, 0.717) is 5.02 Å². The van der Waals surface area contributed by atoms with Crippen LogP contribution in [-0.4, -0.2) is 19.0 Å². The first-order valence-corrected chi connectivity index (χ1v) is 6.76. The topological polar surface area (TPSA) is 3.24 Å². The zero-order chi connectivity index (χ0) is 11.1. The lowest BCUT2D eigenvalue weighted by Gasteiger charge is -2.10. The van der Waals surface area contributed by atoms with Gasteiger partial charge in [-0.25, -0.2) is 0 Å². The van der Waals surface area contributed by atoms with Crippen LogP contribution >= 0.6 is 43.9 Å². The van der Waals surface area contributed by atoms with Crippen molar-refractivity contribution in [2.45, 2.75) is 6.54 Å². The van der Waals surface area contributed by atoms with E-state index in [2.05, 4.69) is 25.6 Å². The Bertz CT molecular complexity index is 282. The van der Waals surface area contributed by atoms with Gasteiger partial charge in [0, 0.05) is 16.6 Å². The number of hydrogen-bond acceptors (Lipinski definition) is 2. The Kier molecular flexibility index (Phi) is 8.08. The fourth-order valence-electron chi connectivity index (χ4n) is 0.991. The standard InChI is InChI=1S/C9H11Cl2N.H3PS/c1-12(2)6-7-3-4-8(10)5-9(7)11;1-2/h3-5H,6H2,1-2H3;2H,1H2. The van der Waals surface area contributed by atoms with Gasteiger partial charge >= 0.3 is 0 Å². The van der Waals surface area contributed by atoms with E-state index in [4.69, 9.17) is 23.2 Å². The zero-order valence-corrected chi connectivity index (χ0v) is 11.7. The van der Waals surface area contributed by atoms with Gasteiger partial charge in [0.2, 0.25) is 0 Å². The highest BCUT2D eigenvalue weighted by Crippen LogP contribution is 2.21. The van der Waals surface area contributed by atoms with Gasteiger partial charge in [-0.05, 0) is 31.8 Å². The summed E-state index contributed by atoms with van der Waals surface area (Å²) in [6.07, 6.45) is 0. The highest BCUT2D eigenvalue weighted by atomic mass is 35.5. The van der Waals surface area contributed by atoms with Crippen LogP contribution in [0, 0.1) is 0 Å². The third-order valence-corrected chi connectivity index (χ3v) is 2.09. The molecule has 1 atom stereocenters. The van der Waals surface area contributed by atoms with Crippen LogP contribution in [0.4, 0.5) is 0 Å². The molecule has 0 aromatic heterocycles. The summed E-state index contributed by atoms with van der Waals surface area (Å²) in [5.74, 6) is 0. The van der Waals surface area contributed by atoms with Gasteiger partial charge in [-0.1, -0.05) is 37.7 Å². The van der Waals surface area contributed by atoms with Crippen LogP contribution in [0.15, 0.2) is 18.2 Å². The number of thiol groups is 1. The largest absolute Gasteiger partial charge is 0.305 e. The molecule has 0 saturated heterocycles. The number of nitrogens with zero attached hydrogens (tertiary/aromatic N) is 1. The summed E-state index contributed by atoms with van der Waals surface area (Å²) in [6.45, 7) is 0.843. The summed E-state index contributed by atoms with van der Waals surface area (Å²) in [5, 5.41) is 1.42. The van der Waals surface area contributed by atoms with E-state index in [1.165, 1.54) is 0 Å². The van der Waals surface area contributed by atoms with Crippen molar-refractivity contribution >= 4 is 43.9 Å². The molecular formula is C9H14Cl2NPS. The number of halogens is 2. The molecule has 0 radical (unpaired) electrons. The van der Waals surface area contributed by atoms with Gasteiger partial charge in [0.05, 0.1) is 0 Å². The second-order valence-corrected chi connectivity index (χ2v) is 3.82. The van der Waals surface area contributed by atoms with Crippen molar-refractivity contribution in [3.05, 3.63) is 33.8 Å². The molecule has 0 bridgehead atoms. The summed E-state index contributed by atoms with van der Waals surface area (Å²) >= 11 is 15.2. The minimum atomic E-state index is 0.683. The van der Waals surface area contributed by atoms with E-state index in [1.807, 2.05) is 26.2 Å². The lowest BCUT2D eigenvalue weighted by molar-refractivity contribution is 0.402. The first kappa shape index (κ1) is 14.5. The molecule has 1 rings (SSSR count). The molecule has 0 spiro atoms. The molecule has 80 valence electrons. The Balaban J connectivity index is 0.000000791. The van der Waals surface area contributed by atoms with Crippen molar-refractivity contribution in [1.29, 1.82) is 0 Å². The fourth-order valence-corrected chi connectivity index (χ4v) is 1.46. The summed E-state index contributed by atoms with van der Waals surface area (Å²) in [4.78, 5) is 2.06. The average molecular weight is 270 g/mol. The maximum Gasteiger partial charge on any atom is 0.0465 e. The van der Waals surface area contributed by atoms with Gasteiger partial charge in [-0.15, -0.1) is 0 Å². The van der Waals surface area contributed by atoms with Gasteiger partial charge < -0.3 is 4.90 Å². The van der Waals surface area contributed by atoms with Crippen molar-refractivity contribution in [3.8, 4) is 0 Å². The molecule has 0 aliphatic carbocycles. The summed E-state index contributed by atoms with van der Waals surface area (Å²) in [6, 6.07) is 5.57. The third-order valence-electron chi connectivity index (χ3n) is 1.50. The van der Waals surface area contributed by atoms with E-state index >= 15 is 0 Å². The lowest BCUT2D eigenvalue weighted by atomic mass is 10.2. The van der Waals surface area contributed by atoms with Gasteiger partial charge in [0.25, 0.3) is 0 Å². The highest BCUT2D eigenvalue weighted by molar-refractivity contribution is 8.31. The van der Waals surface area contributed by atoms with Gasteiger partial charge in [-0.3, -0.25) is 0 Å². The van der Waals surface area contributed by atoms with E-state index in [-0.39, 0.29) is 0 Å². The Morgan fingerprint density at radius 2 is 1.86 bits per heavy atom. The Hall–Kier alpha value is 0.540. The van der Waals surface area contributed by atoms with Crippen LogP contribution in [0.2, 0.25) is 10.0 Å². The summed E-state index contributed by atoms with van der Waals surface area (Å²) < 4.78 is 0. The smallest absolute Gasteiger partial charge is 0.0465 e. The second-order valence-electron chi connectivity index (χ2n) is 2.97. The van der Waals surface area contributed by atoms with Crippen LogP contribution < -0.4 is 0 Å². The van der Waals surface area contributed by atoms with Crippen molar-refractivity contribution in [1.82, 2.24) is 4.90 Å². The van der Waals surface area contributed by atoms with E-state index in [0.717, 1.165) is 17.1 Å². The predicted octanol–water partition coefficient (Wildman–Crippen LogP) is 3.76.